The number of benzene rings is 1. The first-order chi connectivity index (χ1) is 12.9. The molecule has 0 spiro atoms. The average Bonchev–Trinajstić information content (AvgIpc) is 3.29. The number of aromatic nitrogens is 4. The van der Waals surface area contributed by atoms with E-state index in [4.69, 9.17) is 0 Å². The molecule has 0 aliphatic heterocycles. The number of halogens is 3. The van der Waals surface area contributed by atoms with Crippen LogP contribution in [0.5, 0.6) is 0 Å². The Labute approximate surface area is 154 Å². The Kier molecular flexibility index (Phi) is 4.11. The Morgan fingerprint density at radius 1 is 1.11 bits per heavy atom. The third-order valence-corrected chi connectivity index (χ3v) is 4.46. The van der Waals surface area contributed by atoms with E-state index >= 15 is 0 Å². The molecule has 0 saturated heterocycles. The first-order valence-corrected chi connectivity index (χ1v) is 8.53. The van der Waals surface area contributed by atoms with Gasteiger partial charge in [0.25, 0.3) is 5.91 Å². The van der Waals surface area contributed by atoms with Crippen LogP contribution in [0.25, 0.3) is 22.6 Å². The second-order valence-electron chi connectivity index (χ2n) is 5.48. The molecule has 0 aliphatic rings. The van der Waals surface area contributed by atoms with Crippen LogP contribution in [-0.2, 0) is 6.18 Å². The molecule has 0 bridgehead atoms. The van der Waals surface area contributed by atoms with E-state index in [-0.39, 0.29) is 28.1 Å². The number of fused-ring (bicyclic) bond motifs is 1. The summed E-state index contributed by atoms with van der Waals surface area (Å²) in [7, 11) is 0. The van der Waals surface area contributed by atoms with Gasteiger partial charge in [0.2, 0.25) is 0 Å². The Morgan fingerprint density at radius 3 is 2.67 bits per heavy atom. The van der Waals surface area contributed by atoms with E-state index in [1.54, 1.807) is 11.6 Å². The first kappa shape index (κ1) is 17.2. The van der Waals surface area contributed by atoms with E-state index in [2.05, 4.69) is 25.3 Å². The van der Waals surface area contributed by atoms with Crippen molar-refractivity contribution < 1.29 is 18.0 Å². The fraction of sp³-hybridized carbons (Fsp3) is 0.0588. The molecular weight excluding hydrogens is 379 g/mol. The number of anilines is 1. The smallest absolute Gasteiger partial charge is 0.323 e. The number of thiazole rings is 1. The predicted molar refractivity (Wildman–Crippen MR) is 94.4 cm³/mol. The van der Waals surface area contributed by atoms with Crippen LogP contribution < -0.4 is 5.32 Å². The van der Waals surface area contributed by atoms with E-state index in [0.717, 1.165) is 6.07 Å². The van der Waals surface area contributed by atoms with Gasteiger partial charge in [0, 0.05) is 23.3 Å². The molecule has 3 aromatic heterocycles. The third kappa shape index (κ3) is 3.26. The Balaban J connectivity index is 1.79. The predicted octanol–water partition coefficient (Wildman–Crippen LogP) is 4.35. The summed E-state index contributed by atoms with van der Waals surface area (Å²) < 4.78 is 39.8. The SMILES string of the molecule is O=C(Nc1nccs1)c1ccnc2[nH]c(-c3ccccc3C(F)(F)F)nc12. The standard InChI is InChI=1S/C17H10F3N5OS/c18-17(19,20)11-4-2-1-3-9(11)13-23-12-10(5-6-21-14(12)24-13)15(26)25-16-22-7-8-27-16/h1-8H,(H,21,23,24)(H,22,25,26). The number of amides is 1. The van der Waals surface area contributed by atoms with Crippen molar-refractivity contribution in [2.45, 2.75) is 6.18 Å². The van der Waals surface area contributed by atoms with E-state index in [0.29, 0.717) is 5.13 Å². The van der Waals surface area contributed by atoms with Gasteiger partial charge in [-0.15, -0.1) is 11.3 Å². The molecule has 4 rings (SSSR count). The summed E-state index contributed by atoms with van der Waals surface area (Å²) in [5.74, 6) is -0.487. The van der Waals surface area contributed by atoms with E-state index < -0.39 is 17.6 Å². The Hall–Kier alpha value is -3.27. The van der Waals surface area contributed by atoms with Crippen LogP contribution in [0.2, 0.25) is 0 Å². The van der Waals surface area contributed by atoms with Crippen molar-refractivity contribution in [1.29, 1.82) is 0 Å². The van der Waals surface area contributed by atoms with Crippen LogP contribution in [0.1, 0.15) is 15.9 Å². The van der Waals surface area contributed by atoms with Gasteiger partial charge in [-0.2, -0.15) is 13.2 Å². The summed E-state index contributed by atoms with van der Waals surface area (Å²) in [4.78, 5) is 27.5. The number of carbonyl (C=O) groups is 1. The number of rotatable bonds is 3. The topological polar surface area (TPSA) is 83.6 Å². The molecule has 27 heavy (non-hydrogen) atoms. The van der Waals surface area contributed by atoms with Crippen molar-refractivity contribution >= 4 is 33.5 Å². The molecule has 1 aromatic carbocycles. The maximum Gasteiger partial charge on any atom is 0.417 e. The van der Waals surface area contributed by atoms with Gasteiger partial charge in [0.15, 0.2) is 10.8 Å². The molecule has 2 N–H and O–H groups in total. The minimum atomic E-state index is -4.53. The number of imidazole rings is 1. The largest absolute Gasteiger partial charge is 0.417 e. The number of hydrogen-bond acceptors (Lipinski definition) is 5. The van der Waals surface area contributed by atoms with Crippen LogP contribution in [0.3, 0.4) is 0 Å². The molecule has 0 saturated carbocycles. The first-order valence-electron chi connectivity index (χ1n) is 7.65. The van der Waals surface area contributed by atoms with Crippen molar-refractivity contribution in [1.82, 2.24) is 19.9 Å². The van der Waals surface area contributed by atoms with Crippen molar-refractivity contribution in [2.75, 3.05) is 5.32 Å². The zero-order valence-electron chi connectivity index (χ0n) is 13.4. The molecule has 0 aliphatic carbocycles. The Bertz CT molecular complexity index is 1120. The molecule has 0 unspecified atom stereocenters. The summed E-state index contributed by atoms with van der Waals surface area (Å²) in [5, 5.41) is 4.73. The van der Waals surface area contributed by atoms with Gasteiger partial charge in [-0.25, -0.2) is 15.0 Å². The van der Waals surface area contributed by atoms with Crippen LogP contribution in [0.15, 0.2) is 48.1 Å². The molecule has 0 radical (unpaired) electrons. The number of alkyl halides is 3. The highest BCUT2D eigenvalue weighted by molar-refractivity contribution is 7.13. The lowest BCUT2D eigenvalue weighted by atomic mass is 10.1. The van der Waals surface area contributed by atoms with Crippen LogP contribution in [-0.4, -0.2) is 25.8 Å². The summed E-state index contributed by atoms with van der Waals surface area (Å²) in [5.41, 5.74) is -0.360. The number of pyridine rings is 1. The van der Waals surface area contributed by atoms with Crippen molar-refractivity contribution in [3.05, 3.63) is 59.2 Å². The number of nitrogens with one attached hydrogen (secondary N) is 2. The summed E-state index contributed by atoms with van der Waals surface area (Å²) >= 11 is 1.25. The van der Waals surface area contributed by atoms with Gasteiger partial charge in [-0.1, -0.05) is 18.2 Å². The van der Waals surface area contributed by atoms with Gasteiger partial charge in [0.1, 0.15) is 11.3 Å². The molecule has 6 nitrogen and oxygen atoms in total. The lowest BCUT2D eigenvalue weighted by molar-refractivity contribution is -0.137. The molecule has 4 aromatic rings. The summed E-state index contributed by atoms with van der Waals surface area (Å²) in [6.07, 6.45) is -1.60. The third-order valence-electron chi connectivity index (χ3n) is 3.77. The zero-order chi connectivity index (χ0) is 19.0. The number of H-pyrrole nitrogens is 1. The number of nitrogens with zero attached hydrogens (tertiary/aromatic N) is 3. The molecule has 136 valence electrons. The van der Waals surface area contributed by atoms with Crippen molar-refractivity contribution in [3.8, 4) is 11.4 Å². The second kappa shape index (κ2) is 6.47. The lowest BCUT2D eigenvalue weighted by Crippen LogP contribution is -2.12. The van der Waals surface area contributed by atoms with Gasteiger partial charge < -0.3 is 4.98 Å². The number of hydrogen-bond donors (Lipinski definition) is 2. The van der Waals surface area contributed by atoms with Crippen molar-refractivity contribution in [2.24, 2.45) is 0 Å². The minimum Gasteiger partial charge on any atom is -0.323 e. The highest BCUT2D eigenvalue weighted by Crippen LogP contribution is 2.36. The maximum atomic E-state index is 13.3. The van der Waals surface area contributed by atoms with Crippen LogP contribution in [0.4, 0.5) is 18.3 Å². The highest BCUT2D eigenvalue weighted by atomic mass is 32.1. The van der Waals surface area contributed by atoms with Crippen LogP contribution in [0, 0.1) is 0 Å². The fourth-order valence-electron chi connectivity index (χ4n) is 2.61. The molecule has 10 heteroatoms. The molecular formula is C17H10F3N5OS. The molecule has 1 amide bonds. The quantitative estimate of drug-likeness (QED) is 0.546. The van der Waals surface area contributed by atoms with Crippen molar-refractivity contribution in [3.63, 3.8) is 0 Å². The second-order valence-corrected chi connectivity index (χ2v) is 6.37. The van der Waals surface area contributed by atoms with Gasteiger partial charge >= 0.3 is 6.18 Å². The number of aromatic amines is 1. The van der Waals surface area contributed by atoms with E-state index in [9.17, 15) is 18.0 Å². The summed E-state index contributed by atoms with van der Waals surface area (Å²) in [6, 6.07) is 6.54. The van der Waals surface area contributed by atoms with Gasteiger partial charge in [0.05, 0.1) is 11.1 Å². The van der Waals surface area contributed by atoms with Gasteiger partial charge in [-0.05, 0) is 12.1 Å². The number of carbonyl (C=O) groups excluding carboxylic acids is 1. The lowest BCUT2D eigenvalue weighted by Gasteiger charge is -2.10. The Morgan fingerprint density at radius 2 is 1.93 bits per heavy atom. The monoisotopic (exact) mass is 389 g/mol. The molecule has 0 atom stereocenters. The molecule has 3 heterocycles. The molecule has 0 fully saturated rings. The fourth-order valence-corrected chi connectivity index (χ4v) is 3.13. The average molecular weight is 389 g/mol. The minimum absolute atomic E-state index is 0.0140. The van der Waals surface area contributed by atoms with Gasteiger partial charge in [-0.3, -0.25) is 10.1 Å². The highest BCUT2D eigenvalue weighted by Gasteiger charge is 2.34. The summed E-state index contributed by atoms with van der Waals surface area (Å²) in [6.45, 7) is 0. The van der Waals surface area contributed by atoms with Crippen LogP contribution >= 0.6 is 11.3 Å². The normalized spacial score (nSPS) is 11.7. The zero-order valence-corrected chi connectivity index (χ0v) is 14.2. The van der Waals surface area contributed by atoms with E-state index in [1.165, 1.54) is 41.8 Å². The maximum absolute atomic E-state index is 13.3. The van der Waals surface area contributed by atoms with E-state index in [1.807, 2.05) is 0 Å².